The third-order valence-corrected chi connectivity index (χ3v) is 3.95. The summed E-state index contributed by atoms with van der Waals surface area (Å²) in [6, 6.07) is 3.48. The van der Waals surface area contributed by atoms with E-state index in [-0.39, 0.29) is 16.6 Å². The molecule has 0 saturated carbocycles. The Morgan fingerprint density at radius 1 is 1.45 bits per heavy atom. The Labute approximate surface area is 130 Å². The second-order valence-electron chi connectivity index (χ2n) is 4.02. The molecule has 0 aromatic carbocycles. The van der Waals surface area contributed by atoms with Crippen LogP contribution >= 0.6 is 34.5 Å². The molecule has 20 heavy (non-hydrogen) atoms. The predicted molar refractivity (Wildman–Crippen MR) is 80.5 cm³/mol. The van der Waals surface area contributed by atoms with Gasteiger partial charge in [-0.05, 0) is 23.1 Å². The fourth-order valence-electron chi connectivity index (χ4n) is 1.59. The van der Waals surface area contributed by atoms with Gasteiger partial charge in [0, 0.05) is 18.2 Å². The van der Waals surface area contributed by atoms with Crippen LogP contribution in [0.1, 0.15) is 20.9 Å². The number of carbonyl (C=O) groups is 1. The van der Waals surface area contributed by atoms with E-state index >= 15 is 0 Å². The van der Waals surface area contributed by atoms with Gasteiger partial charge in [-0.2, -0.15) is 0 Å². The van der Waals surface area contributed by atoms with Crippen molar-refractivity contribution < 1.29 is 9.53 Å². The average Bonchev–Trinajstić information content (AvgIpc) is 2.84. The monoisotopic (exact) mass is 330 g/mol. The Balaban J connectivity index is 1.97. The zero-order chi connectivity index (χ0) is 14.5. The molecule has 0 saturated heterocycles. The van der Waals surface area contributed by atoms with Gasteiger partial charge in [-0.15, -0.1) is 11.3 Å². The van der Waals surface area contributed by atoms with E-state index in [1.807, 2.05) is 11.4 Å². The minimum atomic E-state index is -0.326. The molecule has 0 unspecified atom stereocenters. The highest BCUT2D eigenvalue weighted by atomic mass is 35.5. The van der Waals surface area contributed by atoms with Gasteiger partial charge < -0.3 is 10.1 Å². The molecule has 2 heterocycles. The van der Waals surface area contributed by atoms with Crippen LogP contribution in [0.3, 0.4) is 0 Å². The maximum absolute atomic E-state index is 12.0. The van der Waals surface area contributed by atoms with E-state index in [4.69, 9.17) is 27.9 Å². The number of methoxy groups -OCH3 is 1. The molecule has 0 spiro atoms. The third kappa shape index (κ3) is 3.93. The van der Waals surface area contributed by atoms with Crippen molar-refractivity contribution in [3.8, 4) is 0 Å². The molecule has 0 aliphatic heterocycles. The van der Waals surface area contributed by atoms with Crippen molar-refractivity contribution >= 4 is 40.4 Å². The average molecular weight is 331 g/mol. The highest BCUT2D eigenvalue weighted by Gasteiger charge is 2.12. The number of hydrogen-bond acceptors (Lipinski definition) is 4. The van der Waals surface area contributed by atoms with Crippen LogP contribution < -0.4 is 5.32 Å². The molecule has 0 fully saturated rings. The SMILES string of the molecule is COCc1csc(CNC(=O)c2ncc(Cl)cc2Cl)c1. The maximum Gasteiger partial charge on any atom is 0.271 e. The number of nitrogens with zero attached hydrogens (tertiary/aromatic N) is 1. The van der Waals surface area contributed by atoms with Crippen molar-refractivity contribution in [2.45, 2.75) is 13.2 Å². The number of nitrogens with one attached hydrogen (secondary N) is 1. The van der Waals surface area contributed by atoms with Crippen molar-refractivity contribution in [1.82, 2.24) is 10.3 Å². The van der Waals surface area contributed by atoms with Crippen LogP contribution in [-0.4, -0.2) is 18.0 Å². The van der Waals surface area contributed by atoms with Crippen LogP contribution in [0.15, 0.2) is 23.7 Å². The van der Waals surface area contributed by atoms with Gasteiger partial charge in [0.2, 0.25) is 0 Å². The summed E-state index contributed by atoms with van der Waals surface area (Å²) in [4.78, 5) is 16.9. The summed E-state index contributed by atoms with van der Waals surface area (Å²) < 4.78 is 5.04. The number of thiophene rings is 1. The number of rotatable bonds is 5. The first kappa shape index (κ1) is 15.3. The third-order valence-electron chi connectivity index (χ3n) is 2.47. The first-order valence-electron chi connectivity index (χ1n) is 5.74. The molecule has 0 aliphatic carbocycles. The van der Waals surface area contributed by atoms with E-state index in [2.05, 4.69) is 10.3 Å². The normalized spacial score (nSPS) is 10.6. The summed E-state index contributed by atoms with van der Waals surface area (Å²) in [5.74, 6) is -0.326. The van der Waals surface area contributed by atoms with Gasteiger partial charge in [0.15, 0.2) is 0 Å². The molecule has 2 aromatic rings. The fraction of sp³-hybridized carbons (Fsp3) is 0.231. The van der Waals surface area contributed by atoms with E-state index in [0.29, 0.717) is 18.2 Å². The van der Waals surface area contributed by atoms with Crippen molar-refractivity contribution in [3.63, 3.8) is 0 Å². The lowest BCUT2D eigenvalue weighted by Gasteiger charge is -2.04. The molecule has 2 rings (SSSR count). The topological polar surface area (TPSA) is 51.2 Å². The van der Waals surface area contributed by atoms with E-state index < -0.39 is 0 Å². The number of halogens is 2. The molecule has 0 bridgehead atoms. The molecule has 4 nitrogen and oxygen atoms in total. The largest absolute Gasteiger partial charge is 0.380 e. The number of ether oxygens (including phenoxy) is 1. The van der Waals surface area contributed by atoms with Crippen LogP contribution in [0.25, 0.3) is 0 Å². The van der Waals surface area contributed by atoms with E-state index in [9.17, 15) is 4.79 Å². The van der Waals surface area contributed by atoms with Crippen LogP contribution in [-0.2, 0) is 17.9 Å². The van der Waals surface area contributed by atoms with Crippen molar-refractivity contribution in [2.24, 2.45) is 0 Å². The molecular formula is C13H12Cl2N2O2S. The van der Waals surface area contributed by atoms with Crippen molar-refractivity contribution in [1.29, 1.82) is 0 Å². The number of pyridine rings is 1. The Hall–Kier alpha value is -1.14. The smallest absolute Gasteiger partial charge is 0.271 e. The minimum Gasteiger partial charge on any atom is -0.380 e. The molecule has 0 atom stereocenters. The summed E-state index contributed by atoms with van der Waals surface area (Å²) in [6.45, 7) is 0.989. The lowest BCUT2D eigenvalue weighted by Crippen LogP contribution is -2.23. The lowest BCUT2D eigenvalue weighted by atomic mass is 10.3. The second-order valence-corrected chi connectivity index (χ2v) is 5.86. The Morgan fingerprint density at radius 2 is 2.25 bits per heavy atom. The van der Waals surface area contributed by atoms with Gasteiger partial charge >= 0.3 is 0 Å². The van der Waals surface area contributed by atoms with E-state index in [1.54, 1.807) is 18.4 Å². The highest BCUT2D eigenvalue weighted by molar-refractivity contribution is 7.10. The molecule has 106 valence electrons. The van der Waals surface area contributed by atoms with Gasteiger partial charge in [-0.3, -0.25) is 4.79 Å². The Morgan fingerprint density at radius 3 is 2.95 bits per heavy atom. The summed E-state index contributed by atoms with van der Waals surface area (Å²) >= 11 is 13.2. The first-order valence-corrected chi connectivity index (χ1v) is 7.38. The molecule has 1 amide bonds. The van der Waals surface area contributed by atoms with Crippen LogP contribution in [0.2, 0.25) is 10.0 Å². The zero-order valence-electron chi connectivity index (χ0n) is 10.7. The minimum absolute atomic E-state index is 0.171. The standard InChI is InChI=1S/C13H12Cl2N2O2S/c1-19-6-8-2-10(20-7-8)5-17-13(18)12-11(15)3-9(14)4-16-12/h2-4,7H,5-6H2,1H3,(H,17,18). The van der Waals surface area contributed by atoms with Gasteiger partial charge in [-0.25, -0.2) is 4.98 Å². The number of aromatic nitrogens is 1. The van der Waals surface area contributed by atoms with Crippen LogP contribution in [0.5, 0.6) is 0 Å². The highest BCUT2D eigenvalue weighted by Crippen LogP contribution is 2.19. The summed E-state index contributed by atoms with van der Waals surface area (Å²) in [5.41, 5.74) is 1.26. The number of hydrogen-bond donors (Lipinski definition) is 1. The van der Waals surface area contributed by atoms with Crippen molar-refractivity contribution in [2.75, 3.05) is 7.11 Å². The van der Waals surface area contributed by atoms with Gasteiger partial charge in [0.25, 0.3) is 5.91 Å². The van der Waals surface area contributed by atoms with Crippen LogP contribution in [0.4, 0.5) is 0 Å². The molecular weight excluding hydrogens is 319 g/mol. The van der Waals surface area contributed by atoms with Gasteiger partial charge in [0.05, 0.1) is 23.2 Å². The number of amides is 1. The molecule has 7 heteroatoms. The zero-order valence-corrected chi connectivity index (χ0v) is 13.0. The van der Waals surface area contributed by atoms with Gasteiger partial charge in [0.1, 0.15) is 5.69 Å². The molecule has 0 radical (unpaired) electrons. The molecule has 1 N–H and O–H groups in total. The molecule has 0 aliphatic rings. The van der Waals surface area contributed by atoms with Crippen LogP contribution in [0, 0.1) is 0 Å². The van der Waals surface area contributed by atoms with E-state index in [0.717, 1.165) is 10.4 Å². The quantitative estimate of drug-likeness (QED) is 0.912. The van der Waals surface area contributed by atoms with Crippen molar-refractivity contribution in [3.05, 3.63) is 49.9 Å². The molecule has 2 aromatic heterocycles. The summed E-state index contributed by atoms with van der Waals surface area (Å²) in [5, 5.41) is 5.40. The second kappa shape index (κ2) is 7.04. The summed E-state index contributed by atoms with van der Waals surface area (Å²) in [6.07, 6.45) is 1.39. The number of carbonyl (C=O) groups excluding carboxylic acids is 1. The summed E-state index contributed by atoms with van der Waals surface area (Å²) in [7, 11) is 1.65. The maximum atomic E-state index is 12.0. The fourth-order valence-corrected chi connectivity index (χ4v) is 2.87. The van der Waals surface area contributed by atoms with E-state index in [1.165, 1.54) is 12.3 Å². The Bertz CT molecular complexity index is 616. The first-order chi connectivity index (χ1) is 9.60. The lowest BCUT2D eigenvalue weighted by molar-refractivity contribution is 0.0946. The Kier molecular flexibility index (Phi) is 5.37. The predicted octanol–water partition coefficient (Wildman–Crippen LogP) is 3.53. The van der Waals surface area contributed by atoms with Gasteiger partial charge in [-0.1, -0.05) is 23.2 Å².